The minimum Gasteiger partial charge on any atom is -0.496 e. The van der Waals surface area contributed by atoms with Crippen LogP contribution in [-0.2, 0) is 9.59 Å². The summed E-state index contributed by atoms with van der Waals surface area (Å²) in [6.07, 6.45) is 4.53. The molecule has 1 N–H and O–H groups in total. The first-order valence-corrected chi connectivity index (χ1v) is 8.95. The lowest BCUT2D eigenvalue weighted by Gasteiger charge is -2.41. The van der Waals surface area contributed by atoms with Gasteiger partial charge in [0.1, 0.15) is 5.75 Å². The van der Waals surface area contributed by atoms with Crippen LogP contribution in [0.4, 0.5) is 0 Å². The van der Waals surface area contributed by atoms with Crippen molar-refractivity contribution in [2.24, 2.45) is 5.92 Å². The van der Waals surface area contributed by atoms with Gasteiger partial charge < -0.3 is 15.0 Å². The summed E-state index contributed by atoms with van der Waals surface area (Å²) < 4.78 is 5.51. The standard InChI is InChI=1S/C20H28N2O3/c1-4-6-14-22-18(23)12-11-16(20(24)21-13-5-2)19(22)15-9-7-8-10-17(15)25-3/h5,7-10,16,19H,2,4,6,11-14H2,1,3H3,(H,21,24)/t16-,19-/m0/s1. The Hall–Kier alpha value is -2.30. The Kier molecular flexibility index (Phi) is 7.04. The van der Waals surface area contributed by atoms with Gasteiger partial charge in [-0.3, -0.25) is 9.59 Å². The number of carbonyl (C=O) groups excluding carboxylic acids is 2. The van der Waals surface area contributed by atoms with Crippen molar-refractivity contribution in [1.29, 1.82) is 0 Å². The van der Waals surface area contributed by atoms with Gasteiger partial charge in [-0.15, -0.1) is 6.58 Å². The van der Waals surface area contributed by atoms with Crippen molar-refractivity contribution < 1.29 is 14.3 Å². The molecule has 2 amide bonds. The highest BCUT2D eigenvalue weighted by molar-refractivity contribution is 5.85. The van der Waals surface area contributed by atoms with Crippen LogP contribution in [0.15, 0.2) is 36.9 Å². The number of benzene rings is 1. The van der Waals surface area contributed by atoms with E-state index in [9.17, 15) is 9.59 Å². The molecule has 0 saturated carbocycles. The number of methoxy groups -OCH3 is 1. The fourth-order valence-corrected chi connectivity index (χ4v) is 3.42. The zero-order valence-corrected chi connectivity index (χ0v) is 15.2. The SMILES string of the molecule is C=CCNC(=O)[C@H]1CCC(=O)N(CCCC)[C@H]1c1ccccc1OC. The highest BCUT2D eigenvalue weighted by atomic mass is 16.5. The van der Waals surface area contributed by atoms with Crippen molar-refractivity contribution in [3.63, 3.8) is 0 Å². The molecule has 1 saturated heterocycles. The van der Waals surface area contributed by atoms with Crippen LogP contribution in [0.5, 0.6) is 5.75 Å². The quantitative estimate of drug-likeness (QED) is 0.737. The molecule has 0 unspecified atom stereocenters. The number of nitrogens with zero attached hydrogens (tertiary/aromatic N) is 1. The lowest BCUT2D eigenvalue weighted by atomic mass is 9.83. The Morgan fingerprint density at radius 3 is 2.88 bits per heavy atom. The van der Waals surface area contributed by atoms with E-state index in [-0.39, 0.29) is 23.8 Å². The van der Waals surface area contributed by atoms with Gasteiger partial charge in [0.05, 0.1) is 19.1 Å². The van der Waals surface area contributed by atoms with E-state index in [0.717, 1.165) is 18.4 Å². The third-order valence-corrected chi connectivity index (χ3v) is 4.67. The first kappa shape index (κ1) is 19.0. The maximum Gasteiger partial charge on any atom is 0.225 e. The van der Waals surface area contributed by atoms with Gasteiger partial charge >= 0.3 is 0 Å². The molecule has 0 radical (unpaired) electrons. The Labute approximate surface area is 150 Å². The van der Waals surface area contributed by atoms with Crippen LogP contribution < -0.4 is 10.1 Å². The number of hydrogen-bond acceptors (Lipinski definition) is 3. The molecule has 5 nitrogen and oxygen atoms in total. The first-order valence-electron chi connectivity index (χ1n) is 8.95. The van der Waals surface area contributed by atoms with E-state index in [4.69, 9.17) is 4.74 Å². The van der Waals surface area contributed by atoms with Crippen molar-refractivity contribution in [2.45, 2.75) is 38.6 Å². The molecule has 136 valence electrons. The van der Waals surface area contributed by atoms with Crippen molar-refractivity contribution in [1.82, 2.24) is 10.2 Å². The van der Waals surface area contributed by atoms with Gasteiger partial charge in [0, 0.05) is 25.1 Å². The van der Waals surface area contributed by atoms with Crippen LogP contribution in [0.1, 0.15) is 44.2 Å². The monoisotopic (exact) mass is 344 g/mol. The van der Waals surface area contributed by atoms with Gasteiger partial charge in [-0.1, -0.05) is 37.6 Å². The summed E-state index contributed by atoms with van der Waals surface area (Å²) in [6, 6.07) is 7.36. The molecule has 1 heterocycles. The molecule has 0 aromatic heterocycles. The van der Waals surface area contributed by atoms with E-state index in [1.54, 1.807) is 13.2 Å². The zero-order valence-electron chi connectivity index (χ0n) is 15.2. The predicted molar refractivity (Wildman–Crippen MR) is 98.3 cm³/mol. The Balaban J connectivity index is 2.41. The number of amides is 2. The summed E-state index contributed by atoms with van der Waals surface area (Å²) in [5.41, 5.74) is 0.896. The van der Waals surface area contributed by atoms with Gasteiger partial charge in [0.15, 0.2) is 0 Å². The van der Waals surface area contributed by atoms with E-state index in [1.165, 1.54) is 0 Å². The Morgan fingerprint density at radius 2 is 2.20 bits per heavy atom. The largest absolute Gasteiger partial charge is 0.496 e. The Bertz CT molecular complexity index is 615. The zero-order chi connectivity index (χ0) is 18.2. The number of carbonyl (C=O) groups is 2. The molecular formula is C20H28N2O3. The molecule has 1 aliphatic heterocycles. The average molecular weight is 344 g/mol. The number of nitrogens with one attached hydrogen (secondary N) is 1. The molecule has 1 aromatic rings. The van der Waals surface area contributed by atoms with Crippen molar-refractivity contribution >= 4 is 11.8 Å². The second-order valence-corrected chi connectivity index (χ2v) is 6.31. The van der Waals surface area contributed by atoms with Gasteiger partial charge in [-0.25, -0.2) is 0 Å². The summed E-state index contributed by atoms with van der Waals surface area (Å²) >= 11 is 0. The number of unbranched alkanes of at least 4 members (excludes halogenated alkanes) is 1. The molecule has 0 aliphatic carbocycles. The second-order valence-electron chi connectivity index (χ2n) is 6.31. The highest BCUT2D eigenvalue weighted by Gasteiger charge is 2.41. The molecule has 1 aromatic carbocycles. The number of ether oxygens (including phenoxy) is 1. The van der Waals surface area contributed by atoms with Crippen molar-refractivity contribution in [3.05, 3.63) is 42.5 Å². The number of rotatable bonds is 8. The van der Waals surface area contributed by atoms with E-state index >= 15 is 0 Å². The summed E-state index contributed by atoms with van der Waals surface area (Å²) in [6.45, 7) is 6.83. The van der Waals surface area contributed by atoms with Crippen LogP contribution in [-0.4, -0.2) is 36.9 Å². The van der Waals surface area contributed by atoms with Crippen LogP contribution in [0.25, 0.3) is 0 Å². The van der Waals surface area contributed by atoms with Crippen LogP contribution in [0.2, 0.25) is 0 Å². The number of piperidine rings is 1. The first-order chi connectivity index (χ1) is 12.1. The van der Waals surface area contributed by atoms with Gasteiger partial charge in [0.25, 0.3) is 0 Å². The maximum absolute atomic E-state index is 12.7. The van der Waals surface area contributed by atoms with Crippen LogP contribution >= 0.6 is 0 Å². The summed E-state index contributed by atoms with van der Waals surface area (Å²) in [4.78, 5) is 27.2. The molecule has 2 rings (SSSR count). The second kappa shape index (κ2) is 9.25. The minimum absolute atomic E-state index is 0.0372. The fraction of sp³-hybridized carbons (Fsp3) is 0.500. The number of para-hydroxylation sites is 1. The normalized spacial score (nSPS) is 20.2. The molecule has 25 heavy (non-hydrogen) atoms. The predicted octanol–water partition coefficient (Wildman–Crippen LogP) is 3.08. The minimum atomic E-state index is -0.297. The van der Waals surface area contributed by atoms with Gasteiger partial charge in [-0.05, 0) is 18.9 Å². The molecule has 1 fully saturated rings. The van der Waals surface area contributed by atoms with Crippen LogP contribution in [0.3, 0.4) is 0 Å². The topological polar surface area (TPSA) is 58.6 Å². The fourth-order valence-electron chi connectivity index (χ4n) is 3.42. The van der Waals surface area contributed by atoms with Crippen molar-refractivity contribution in [3.8, 4) is 5.75 Å². The van der Waals surface area contributed by atoms with E-state index in [2.05, 4.69) is 18.8 Å². The summed E-state index contributed by atoms with van der Waals surface area (Å²) in [5.74, 6) is 0.498. The van der Waals surface area contributed by atoms with Crippen LogP contribution in [0, 0.1) is 5.92 Å². The lowest BCUT2D eigenvalue weighted by molar-refractivity contribution is -0.143. The number of hydrogen-bond donors (Lipinski definition) is 1. The molecule has 0 bridgehead atoms. The van der Waals surface area contributed by atoms with Gasteiger partial charge in [-0.2, -0.15) is 0 Å². The summed E-state index contributed by atoms with van der Waals surface area (Å²) in [5, 5.41) is 2.89. The molecule has 1 aliphatic rings. The molecule has 0 spiro atoms. The molecule has 5 heteroatoms. The molecular weight excluding hydrogens is 316 g/mol. The average Bonchev–Trinajstić information content (AvgIpc) is 2.64. The third-order valence-electron chi connectivity index (χ3n) is 4.67. The van der Waals surface area contributed by atoms with E-state index < -0.39 is 0 Å². The Morgan fingerprint density at radius 1 is 1.44 bits per heavy atom. The van der Waals surface area contributed by atoms with E-state index in [1.807, 2.05) is 29.2 Å². The maximum atomic E-state index is 12.7. The summed E-state index contributed by atoms with van der Waals surface area (Å²) in [7, 11) is 1.62. The smallest absolute Gasteiger partial charge is 0.225 e. The molecule has 2 atom stereocenters. The van der Waals surface area contributed by atoms with Crippen molar-refractivity contribution in [2.75, 3.05) is 20.2 Å². The third kappa shape index (κ3) is 4.41. The van der Waals surface area contributed by atoms with E-state index in [0.29, 0.717) is 31.7 Å². The highest BCUT2D eigenvalue weighted by Crippen LogP contribution is 2.40. The van der Waals surface area contributed by atoms with Gasteiger partial charge in [0.2, 0.25) is 11.8 Å². The lowest BCUT2D eigenvalue weighted by Crippen LogP contribution is -2.48. The number of likely N-dealkylation sites (tertiary alicyclic amines) is 1.